The number of benzene rings is 1. The van der Waals surface area contributed by atoms with Crippen LogP contribution in [0.15, 0.2) is 29.4 Å². The SMILES string of the molecule is COc1ccccc1-c1nc(SCC(=O)N2CCC(C(N)=O)CC2)n[nH]1. The average molecular weight is 375 g/mol. The van der Waals surface area contributed by atoms with Gasteiger partial charge in [-0.15, -0.1) is 5.10 Å². The fourth-order valence-electron chi connectivity index (χ4n) is 2.90. The number of rotatable bonds is 6. The number of primary amides is 1. The van der Waals surface area contributed by atoms with E-state index in [1.165, 1.54) is 11.8 Å². The van der Waals surface area contributed by atoms with E-state index in [1.54, 1.807) is 12.0 Å². The molecule has 138 valence electrons. The van der Waals surface area contributed by atoms with Crippen LogP contribution >= 0.6 is 11.8 Å². The summed E-state index contributed by atoms with van der Waals surface area (Å²) in [6.45, 7) is 1.13. The molecule has 9 heteroatoms. The zero-order valence-corrected chi connectivity index (χ0v) is 15.3. The standard InChI is InChI=1S/C17H21N5O3S/c1-25-13-5-3-2-4-12(13)16-19-17(21-20-16)26-10-14(23)22-8-6-11(7-9-22)15(18)24/h2-5,11H,6-10H2,1H3,(H2,18,24)(H,19,20,21). The first-order valence-electron chi connectivity index (χ1n) is 8.34. The van der Waals surface area contributed by atoms with E-state index in [0.717, 1.165) is 5.56 Å². The van der Waals surface area contributed by atoms with E-state index in [2.05, 4.69) is 15.2 Å². The number of hydrogen-bond acceptors (Lipinski definition) is 6. The molecule has 2 amide bonds. The number of thioether (sulfide) groups is 1. The lowest BCUT2D eigenvalue weighted by atomic mass is 9.96. The summed E-state index contributed by atoms with van der Waals surface area (Å²) >= 11 is 1.28. The van der Waals surface area contributed by atoms with Gasteiger partial charge in [0.05, 0.1) is 18.4 Å². The highest BCUT2D eigenvalue weighted by atomic mass is 32.2. The van der Waals surface area contributed by atoms with Gasteiger partial charge in [-0.3, -0.25) is 14.7 Å². The number of ether oxygens (including phenoxy) is 1. The van der Waals surface area contributed by atoms with Crippen molar-refractivity contribution >= 4 is 23.6 Å². The molecule has 1 saturated heterocycles. The van der Waals surface area contributed by atoms with Crippen LogP contribution in [0.1, 0.15) is 12.8 Å². The van der Waals surface area contributed by atoms with Gasteiger partial charge in [0, 0.05) is 19.0 Å². The fourth-order valence-corrected chi connectivity index (χ4v) is 3.60. The molecule has 1 aromatic heterocycles. The van der Waals surface area contributed by atoms with E-state index >= 15 is 0 Å². The molecular weight excluding hydrogens is 354 g/mol. The van der Waals surface area contributed by atoms with Gasteiger partial charge in [0.15, 0.2) is 5.82 Å². The number of carbonyl (C=O) groups excluding carboxylic acids is 2. The lowest BCUT2D eigenvalue weighted by Gasteiger charge is -2.30. The minimum atomic E-state index is -0.281. The lowest BCUT2D eigenvalue weighted by molar-refractivity contribution is -0.132. The van der Waals surface area contributed by atoms with Gasteiger partial charge in [-0.05, 0) is 25.0 Å². The summed E-state index contributed by atoms with van der Waals surface area (Å²) in [6, 6.07) is 7.52. The smallest absolute Gasteiger partial charge is 0.233 e. The zero-order valence-electron chi connectivity index (χ0n) is 14.5. The third kappa shape index (κ3) is 4.16. The Balaban J connectivity index is 1.55. The van der Waals surface area contributed by atoms with Gasteiger partial charge < -0.3 is 15.4 Å². The molecule has 0 unspecified atom stereocenters. The molecule has 2 aromatic rings. The van der Waals surface area contributed by atoms with E-state index in [4.69, 9.17) is 10.5 Å². The maximum absolute atomic E-state index is 12.3. The number of piperidine rings is 1. The van der Waals surface area contributed by atoms with Crippen molar-refractivity contribution in [3.05, 3.63) is 24.3 Å². The zero-order chi connectivity index (χ0) is 18.5. The van der Waals surface area contributed by atoms with Gasteiger partial charge in [0.2, 0.25) is 17.0 Å². The summed E-state index contributed by atoms with van der Waals surface area (Å²) in [6.07, 6.45) is 1.26. The largest absolute Gasteiger partial charge is 0.496 e. The molecule has 1 fully saturated rings. The number of carbonyl (C=O) groups is 2. The van der Waals surface area contributed by atoms with Crippen LogP contribution in [0.5, 0.6) is 5.75 Å². The maximum atomic E-state index is 12.3. The highest BCUT2D eigenvalue weighted by Gasteiger charge is 2.26. The molecule has 1 aliphatic rings. The number of methoxy groups -OCH3 is 1. The lowest BCUT2D eigenvalue weighted by Crippen LogP contribution is -2.42. The number of likely N-dealkylation sites (tertiary alicyclic amines) is 1. The van der Waals surface area contributed by atoms with Crippen molar-refractivity contribution in [2.24, 2.45) is 11.7 Å². The maximum Gasteiger partial charge on any atom is 0.233 e. The van der Waals surface area contributed by atoms with Crippen molar-refractivity contribution in [2.45, 2.75) is 18.0 Å². The number of aromatic nitrogens is 3. The van der Waals surface area contributed by atoms with Crippen molar-refractivity contribution in [1.29, 1.82) is 0 Å². The van der Waals surface area contributed by atoms with Gasteiger partial charge >= 0.3 is 0 Å². The Labute approximate surface area is 155 Å². The molecule has 0 radical (unpaired) electrons. The summed E-state index contributed by atoms with van der Waals surface area (Å²) in [7, 11) is 1.60. The summed E-state index contributed by atoms with van der Waals surface area (Å²) in [5, 5.41) is 7.55. The minimum absolute atomic E-state index is 0.0153. The van der Waals surface area contributed by atoms with Crippen LogP contribution in [0.25, 0.3) is 11.4 Å². The van der Waals surface area contributed by atoms with Gasteiger partial charge in [-0.2, -0.15) is 0 Å². The average Bonchev–Trinajstić information content (AvgIpc) is 3.15. The van der Waals surface area contributed by atoms with E-state index in [0.29, 0.717) is 42.7 Å². The predicted molar refractivity (Wildman–Crippen MR) is 97.6 cm³/mol. The second-order valence-electron chi connectivity index (χ2n) is 6.01. The quantitative estimate of drug-likeness (QED) is 0.736. The highest BCUT2D eigenvalue weighted by molar-refractivity contribution is 7.99. The molecule has 0 saturated carbocycles. The molecule has 0 bridgehead atoms. The number of nitrogens with one attached hydrogen (secondary N) is 1. The first kappa shape index (κ1) is 18.2. The molecule has 0 aliphatic carbocycles. The Bertz CT molecular complexity index is 786. The molecule has 26 heavy (non-hydrogen) atoms. The third-order valence-electron chi connectivity index (χ3n) is 4.40. The first-order chi connectivity index (χ1) is 12.6. The topological polar surface area (TPSA) is 114 Å². The summed E-state index contributed by atoms with van der Waals surface area (Å²) in [4.78, 5) is 29.7. The van der Waals surface area contributed by atoms with Crippen molar-refractivity contribution in [2.75, 3.05) is 26.0 Å². The van der Waals surface area contributed by atoms with Crippen LogP contribution in [-0.2, 0) is 9.59 Å². The third-order valence-corrected chi connectivity index (χ3v) is 5.23. The molecule has 3 N–H and O–H groups in total. The summed E-state index contributed by atoms with van der Waals surface area (Å²) in [5.74, 6) is 1.17. The monoisotopic (exact) mass is 375 g/mol. The molecule has 0 atom stereocenters. The Morgan fingerprint density at radius 2 is 2.08 bits per heavy atom. The number of H-pyrrole nitrogens is 1. The van der Waals surface area contributed by atoms with E-state index in [9.17, 15) is 9.59 Å². The Morgan fingerprint density at radius 3 is 2.77 bits per heavy atom. The summed E-state index contributed by atoms with van der Waals surface area (Å²) < 4.78 is 5.32. The molecule has 1 aromatic carbocycles. The van der Waals surface area contributed by atoms with Crippen molar-refractivity contribution in [1.82, 2.24) is 20.1 Å². The molecule has 0 spiro atoms. The number of nitrogens with zero attached hydrogens (tertiary/aromatic N) is 3. The second-order valence-corrected chi connectivity index (χ2v) is 6.96. The number of hydrogen-bond donors (Lipinski definition) is 2. The van der Waals surface area contributed by atoms with Crippen LogP contribution in [0.3, 0.4) is 0 Å². The van der Waals surface area contributed by atoms with Gasteiger partial charge in [0.1, 0.15) is 5.75 Å². The molecule has 3 rings (SSSR count). The van der Waals surface area contributed by atoms with Gasteiger partial charge in [-0.25, -0.2) is 4.98 Å². The predicted octanol–water partition coefficient (Wildman–Crippen LogP) is 1.30. The van der Waals surface area contributed by atoms with Crippen LogP contribution in [0.2, 0.25) is 0 Å². The second kappa shape index (κ2) is 8.22. The van der Waals surface area contributed by atoms with Crippen molar-refractivity contribution < 1.29 is 14.3 Å². The highest BCUT2D eigenvalue weighted by Crippen LogP contribution is 2.28. The Hall–Kier alpha value is -2.55. The normalized spacial score (nSPS) is 15.0. The van der Waals surface area contributed by atoms with Gasteiger partial charge in [-0.1, -0.05) is 23.9 Å². The number of nitrogens with two attached hydrogens (primary N) is 1. The van der Waals surface area contributed by atoms with Crippen LogP contribution < -0.4 is 10.5 Å². The van der Waals surface area contributed by atoms with Crippen LogP contribution in [0, 0.1) is 5.92 Å². The van der Waals surface area contributed by atoms with Crippen molar-refractivity contribution in [3.8, 4) is 17.1 Å². The molecule has 8 nitrogen and oxygen atoms in total. The fraction of sp³-hybridized carbons (Fsp3) is 0.412. The number of aromatic amines is 1. The van der Waals surface area contributed by atoms with Crippen LogP contribution in [-0.4, -0.2) is 57.8 Å². The van der Waals surface area contributed by atoms with E-state index in [1.807, 2.05) is 24.3 Å². The van der Waals surface area contributed by atoms with E-state index in [-0.39, 0.29) is 23.5 Å². The minimum Gasteiger partial charge on any atom is -0.496 e. The van der Waals surface area contributed by atoms with E-state index < -0.39 is 0 Å². The molecular formula is C17H21N5O3S. The number of amides is 2. The molecule has 2 heterocycles. The van der Waals surface area contributed by atoms with Gasteiger partial charge in [0.25, 0.3) is 0 Å². The molecule has 1 aliphatic heterocycles. The first-order valence-corrected chi connectivity index (χ1v) is 9.32. The summed E-state index contributed by atoms with van der Waals surface area (Å²) in [5.41, 5.74) is 6.13. The van der Waals surface area contributed by atoms with Crippen molar-refractivity contribution in [3.63, 3.8) is 0 Å². The Morgan fingerprint density at radius 1 is 1.35 bits per heavy atom. The Kier molecular flexibility index (Phi) is 5.77. The number of para-hydroxylation sites is 1. The van der Waals surface area contributed by atoms with Crippen LogP contribution in [0.4, 0.5) is 0 Å².